The smallest absolute Gasteiger partial charge is 0.303 e. The maximum absolute atomic E-state index is 11.0. The first kappa shape index (κ1) is 9.45. The number of aromatic nitrogens is 3. The molecule has 2 heterocycles. The molecule has 0 fully saturated rings. The topological polar surface area (TPSA) is 87.5 Å². The average Bonchev–Trinajstić information content (AvgIpc) is 2.56. The van der Waals surface area contributed by atoms with E-state index in [1.807, 2.05) is 0 Å². The first-order valence-corrected chi connectivity index (χ1v) is 4.44. The van der Waals surface area contributed by atoms with Crippen LogP contribution in [0.4, 0.5) is 0 Å². The van der Waals surface area contributed by atoms with Crippen molar-refractivity contribution in [2.75, 3.05) is 0 Å². The zero-order chi connectivity index (χ0) is 10.8. The second-order valence-electron chi connectivity index (χ2n) is 3.16. The predicted molar refractivity (Wildman–Crippen MR) is 51.8 cm³/mol. The van der Waals surface area contributed by atoms with Crippen LogP contribution in [-0.2, 0) is 11.2 Å². The normalized spacial score (nSPS) is 10.7. The van der Waals surface area contributed by atoms with Crippen molar-refractivity contribution in [3.8, 4) is 0 Å². The maximum Gasteiger partial charge on any atom is 0.303 e. The van der Waals surface area contributed by atoms with Gasteiger partial charge in [0, 0.05) is 12.5 Å². The van der Waals surface area contributed by atoms with Gasteiger partial charge in [0.05, 0.1) is 18.3 Å². The van der Waals surface area contributed by atoms with Crippen LogP contribution in [0.2, 0.25) is 0 Å². The van der Waals surface area contributed by atoms with Crippen molar-refractivity contribution in [3.63, 3.8) is 0 Å². The highest BCUT2D eigenvalue weighted by Crippen LogP contribution is 2.03. The van der Waals surface area contributed by atoms with Crippen LogP contribution in [0, 0.1) is 0 Å². The number of aliphatic carboxylic acids is 1. The largest absolute Gasteiger partial charge is 0.481 e. The second-order valence-corrected chi connectivity index (χ2v) is 3.16. The Balaban J connectivity index is 2.30. The Morgan fingerprint density at radius 2 is 2.33 bits per heavy atom. The van der Waals surface area contributed by atoms with E-state index in [0.717, 1.165) is 0 Å². The van der Waals surface area contributed by atoms with Crippen molar-refractivity contribution in [1.82, 2.24) is 14.6 Å². The number of carboxylic acid groups (broad SMARTS) is 1. The number of imidazole rings is 1. The van der Waals surface area contributed by atoms with E-state index >= 15 is 0 Å². The van der Waals surface area contributed by atoms with Crippen LogP contribution in [0.1, 0.15) is 12.1 Å². The van der Waals surface area contributed by atoms with Gasteiger partial charge in [-0.05, 0) is 6.07 Å². The van der Waals surface area contributed by atoms with Gasteiger partial charge in [-0.15, -0.1) is 0 Å². The highest BCUT2D eigenvalue weighted by Gasteiger charge is 2.04. The lowest BCUT2D eigenvalue weighted by atomic mass is 10.2. The van der Waals surface area contributed by atoms with Gasteiger partial charge in [-0.25, -0.2) is 9.50 Å². The van der Waals surface area contributed by atoms with Crippen molar-refractivity contribution in [2.24, 2.45) is 0 Å². The van der Waals surface area contributed by atoms with E-state index in [-0.39, 0.29) is 12.0 Å². The minimum absolute atomic E-state index is 0.0358. The number of aromatic amines is 1. The third kappa shape index (κ3) is 2.04. The van der Waals surface area contributed by atoms with E-state index in [1.54, 1.807) is 12.3 Å². The molecule has 15 heavy (non-hydrogen) atoms. The Hall–Kier alpha value is -2.11. The summed E-state index contributed by atoms with van der Waals surface area (Å²) in [5, 5.41) is 11.1. The SMILES string of the molecule is O=C(O)CCc1cn2[nH]c(=O)ccc2n1. The second kappa shape index (κ2) is 3.56. The van der Waals surface area contributed by atoms with Crippen molar-refractivity contribution in [2.45, 2.75) is 12.8 Å². The number of fused-ring (bicyclic) bond motifs is 1. The van der Waals surface area contributed by atoms with E-state index < -0.39 is 5.97 Å². The molecule has 0 bridgehead atoms. The minimum Gasteiger partial charge on any atom is -0.481 e. The van der Waals surface area contributed by atoms with Gasteiger partial charge >= 0.3 is 5.97 Å². The molecule has 0 spiro atoms. The van der Waals surface area contributed by atoms with Crippen molar-refractivity contribution in [1.29, 1.82) is 0 Å². The summed E-state index contributed by atoms with van der Waals surface area (Å²) in [6.07, 6.45) is 2.02. The Morgan fingerprint density at radius 1 is 1.53 bits per heavy atom. The summed E-state index contributed by atoms with van der Waals surface area (Å²) in [6, 6.07) is 2.96. The zero-order valence-electron chi connectivity index (χ0n) is 7.80. The van der Waals surface area contributed by atoms with E-state index in [0.29, 0.717) is 17.8 Å². The first-order chi connectivity index (χ1) is 7.15. The van der Waals surface area contributed by atoms with Gasteiger partial charge in [0.2, 0.25) is 0 Å². The molecule has 2 N–H and O–H groups in total. The van der Waals surface area contributed by atoms with Crippen molar-refractivity contribution < 1.29 is 9.90 Å². The average molecular weight is 207 g/mol. The molecule has 0 aromatic carbocycles. The summed E-state index contributed by atoms with van der Waals surface area (Å²) < 4.78 is 1.49. The Labute approximate surface area is 84.2 Å². The monoisotopic (exact) mass is 207 g/mol. The number of carboxylic acids is 1. The first-order valence-electron chi connectivity index (χ1n) is 4.44. The zero-order valence-corrected chi connectivity index (χ0v) is 7.80. The van der Waals surface area contributed by atoms with Gasteiger partial charge < -0.3 is 5.11 Å². The lowest BCUT2D eigenvalue weighted by Gasteiger charge is -1.89. The molecule has 0 amide bonds. The summed E-state index contributed by atoms with van der Waals surface area (Å²) in [5.41, 5.74) is 1.04. The fraction of sp³-hybridized carbons (Fsp3) is 0.222. The molecule has 0 saturated heterocycles. The maximum atomic E-state index is 11.0. The lowest BCUT2D eigenvalue weighted by molar-refractivity contribution is -0.136. The number of H-pyrrole nitrogens is 1. The van der Waals surface area contributed by atoms with Gasteiger partial charge in [0.15, 0.2) is 5.65 Å². The van der Waals surface area contributed by atoms with Crippen LogP contribution >= 0.6 is 0 Å². The molecular weight excluding hydrogens is 198 g/mol. The van der Waals surface area contributed by atoms with E-state index in [2.05, 4.69) is 10.1 Å². The molecule has 2 aromatic heterocycles. The summed E-state index contributed by atoms with van der Waals surface area (Å²) in [5.74, 6) is -0.861. The fourth-order valence-corrected chi connectivity index (χ4v) is 1.31. The quantitative estimate of drug-likeness (QED) is 0.743. The van der Waals surface area contributed by atoms with Crippen LogP contribution < -0.4 is 5.56 Å². The Kier molecular flexibility index (Phi) is 2.24. The molecule has 0 radical (unpaired) electrons. The number of hydrogen-bond donors (Lipinski definition) is 2. The van der Waals surface area contributed by atoms with Crippen LogP contribution in [-0.4, -0.2) is 25.7 Å². The molecule has 0 atom stereocenters. The molecule has 2 aromatic rings. The molecule has 0 aliphatic rings. The molecule has 78 valence electrons. The molecule has 6 nitrogen and oxygen atoms in total. The van der Waals surface area contributed by atoms with Gasteiger partial charge in [0.25, 0.3) is 5.56 Å². The molecule has 6 heteroatoms. The fourth-order valence-electron chi connectivity index (χ4n) is 1.31. The molecular formula is C9H9N3O3. The molecule has 0 aliphatic carbocycles. The summed E-state index contributed by atoms with van der Waals surface area (Å²) in [4.78, 5) is 25.5. The third-order valence-electron chi connectivity index (χ3n) is 1.99. The standard InChI is InChI=1S/C9H9N3O3/c13-8-3-2-7-10-6(1-4-9(14)15)5-12(7)11-8/h2-3,5H,1,4H2,(H,11,13)(H,14,15). The molecule has 0 aliphatic heterocycles. The molecule has 2 rings (SSSR count). The van der Waals surface area contributed by atoms with Gasteiger partial charge in [0.1, 0.15) is 0 Å². The number of carbonyl (C=O) groups is 1. The summed E-state index contributed by atoms with van der Waals surface area (Å²) in [6.45, 7) is 0. The van der Waals surface area contributed by atoms with E-state index in [4.69, 9.17) is 5.11 Å². The lowest BCUT2D eigenvalue weighted by Crippen LogP contribution is -2.07. The highest BCUT2D eigenvalue weighted by atomic mass is 16.4. The number of rotatable bonds is 3. The minimum atomic E-state index is -0.861. The molecule has 0 saturated carbocycles. The number of nitrogens with one attached hydrogen (secondary N) is 1. The van der Waals surface area contributed by atoms with Crippen LogP contribution in [0.5, 0.6) is 0 Å². The van der Waals surface area contributed by atoms with Gasteiger partial charge in [-0.1, -0.05) is 0 Å². The Bertz CT molecular complexity index is 555. The number of hydrogen-bond acceptors (Lipinski definition) is 3. The Morgan fingerprint density at radius 3 is 3.07 bits per heavy atom. The highest BCUT2D eigenvalue weighted by molar-refractivity contribution is 5.67. The molecule has 0 unspecified atom stereocenters. The predicted octanol–water partition coefficient (Wildman–Crippen LogP) is 0.0398. The van der Waals surface area contributed by atoms with Gasteiger partial charge in [-0.2, -0.15) is 0 Å². The van der Waals surface area contributed by atoms with Crippen molar-refractivity contribution in [3.05, 3.63) is 34.4 Å². The summed E-state index contributed by atoms with van der Waals surface area (Å²) in [7, 11) is 0. The number of aryl methyl sites for hydroxylation is 1. The van der Waals surface area contributed by atoms with Crippen LogP contribution in [0.15, 0.2) is 23.1 Å². The van der Waals surface area contributed by atoms with Gasteiger partial charge in [-0.3, -0.25) is 14.7 Å². The van der Waals surface area contributed by atoms with Crippen LogP contribution in [0.25, 0.3) is 5.65 Å². The van der Waals surface area contributed by atoms with E-state index in [9.17, 15) is 9.59 Å². The van der Waals surface area contributed by atoms with Crippen LogP contribution in [0.3, 0.4) is 0 Å². The van der Waals surface area contributed by atoms with Crippen molar-refractivity contribution >= 4 is 11.6 Å². The van der Waals surface area contributed by atoms with E-state index in [1.165, 1.54) is 10.6 Å². The summed E-state index contributed by atoms with van der Waals surface area (Å²) >= 11 is 0. The number of nitrogens with zero attached hydrogens (tertiary/aromatic N) is 2. The third-order valence-corrected chi connectivity index (χ3v) is 1.99.